The molecule has 6 rings (SSSR count). The van der Waals surface area contributed by atoms with Gasteiger partial charge < -0.3 is 19.6 Å². The predicted molar refractivity (Wildman–Crippen MR) is 168 cm³/mol. The number of carbonyl (C=O) groups is 2. The molecule has 2 saturated heterocycles. The van der Waals surface area contributed by atoms with Crippen LogP contribution in [0.4, 0.5) is 4.79 Å². The highest BCUT2D eigenvalue weighted by atomic mass is 16.6. The zero-order valence-electron chi connectivity index (χ0n) is 26.0. The van der Waals surface area contributed by atoms with Crippen molar-refractivity contribution in [3.8, 4) is 0 Å². The number of fused-ring (bicyclic) bond motifs is 1. The van der Waals surface area contributed by atoms with Crippen molar-refractivity contribution in [3.63, 3.8) is 0 Å². The molecule has 7 heteroatoms. The maximum atomic E-state index is 14.2. The van der Waals surface area contributed by atoms with E-state index in [-0.39, 0.29) is 36.1 Å². The van der Waals surface area contributed by atoms with Gasteiger partial charge in [0, 0.05) is 38.3 Å². The lowest BCUT2D eigenvalue weighted by Crippen LogP contribution is -2.62. The Hall–Kier alpha value is -2.90. The fourth-order valence-electron chi connectivity index (χ4n) is 8.37. The number of rotatable bonds is 8. The van der Waals surface area contributed by atoms with Crippen molar-refractivity contribution >= 4 is 12.0 Å². The molecule has 1 spiro atoms. The number of aliphatic hydroxyl groups is 1. The Bertz CT molecular complexity index is 1280. The monoisotopic (exact) mass is 587 g/mol. The van der Waals surface area contributed by atoms with Crippen molar-refractivity contribution in [2.24, 2.45) is 5.41 Å². The van der Waals surface area contributed by atoms with Crippen LogP contribution < -0.4 is 0 Å². The van der Waals surface area contributed by atoms with Crippen LogP contribution in [0.25, 0.3) is 0 Å². The minimum Gasteiger partial charge on any atom is -0.449 e. The molecule has 43 heavy (non-hydrogen) atoms. The van der Waals surface area contributed by atoms with Gasteiger partial charge in [-0.2, -0.15) is 0 Å². The van der Waals surface area contributed by atoms with E-state index >= 15 is 0 Å². The quantitative estimate of drug-likeness (QED) is 0.371. The Kier molecular flexibility index (Phi) is 9.11. The van der Waals surface area contributed by atoms with Crippen LogP contribution in [0.1, 0.15) is 105 Å². The van der Waals surface area contributed by atoms with Crippen molar-refractivity contribution in [2.45, 2.75) is 95.7 Å². The summed E-state index contributed by atoms with van der Waals surface area (Å²) >= 11 is 0. The third kappa shape index (κ3) is 6.21. The Labute approximate surface area is 257 Å². The Morgan fingerprint density at radius 3 is 2.47 bits per heavy atom. The van der Waals surface area contributed by atoms with Gasteiger partial charge in [-0.05, 0) is 91.4 Å². The van der Waals surface area contributed by atoms with E-state index in [0.717, 1.165) is 45.1 Å². The van der Waals surface area contributed by atoms with Gasteiger partial charge in [0.1, 0.15) is 0 Å². The number of piperazine rings is 1. The fraction of sp³-hybridized carbons (Fsp3) is 0.611. The number of unbranched alkanes of at least 4 members (excludes halogenated alkanes) is 1. The van der Waals surface area contributed by atoms with Crippen LogP contribution in [0.2, 0.25) is 0 Å². The molecule has 2 aliphatic carbocycles. The highest BCUT2D eigenvalue weighted by molar-refractivity contribution is 5.80. The number of ether oxygens (including phenoxy) is 1. The first-order chi connectivity index (χ1) is 20.9. The summed E-state index contributed by atoms with van der Waals surface area (Å²) in [5.74, 6) is 0.654. The highest BCUT2D eigenvalue weighted by Crippen LogP contribution is 2.53. The van der Waals surface area contributed by atoms with Gasteiger partial charge in [-0.25, -0.2) is 4.79 Å². The second-order valence-corrected chi connectivity index (χ2v) is 13.7. The number of aliphatic hydroxyl groups excluding tert-OH is 1. The lowest BCUT2D eigenvalue weighted by molar-refractivity contribution is -0.155. The summed E-state index contributed by atoms with van der Waals surface area (Å²) in [6.07, 6.45) is 8.49. The average molecular weight is 588 g/mol. The number of aryl methyl sites for hydroxylation is 1. The first-order valence-electron chi connectivity index (χ1n) is 16.6. The zero-order chi connectivity index (χ0) is 30.0. The molecule has 232 valence electrons. The van der Waals surface area contributed by atoms with Gasteiger partial charge in [0.2, 0.25) is 5.91 Å². The maximum absolute atomic E-state index is 14.2. The molecule has 1 saturated carbocycles. The molecule has 2 unspecified atom stereocenters. The summed E-state index contributed by atoms with van der Waals surface area (Å²) in [7, 11) is 0. The maximum Gasteiger partial charge on any atom is 0.409 e. The van der Waals surface area contributed by atoms with Gasteiger partial charge in [0.25, 0.3) is 0 Å². The van der Waals surface area contributed by atoms with Gasteiger partial charge >= 0.3 is 6.09 Å². The molecule has 0 aromatic heterocycles. The minimum atomic E-state index is -0.232. The highest BCUT2D eigenvalue weighted by Gasteiger charge is 2.52. The number of benzene rings is 2. The summed E-state index contributed by atoms with van der Waals surface area (Å²) in [5.41, 5.74) is 5.71. The molecule has 2 aromatic rings. The van der Waals surface area contributed by atoms with E-state index in [1.807, 2.05) is 4.90 Å². The molecule has 2 aromatic carbocycles. The third-order valence-corrected chi connectivity index (χ3v) is 10.7. The summed E-state index contributed by atoms with van der Waals surface area (Å²) in [6.45, 7) is 7.79. The lowest BCUT2D eigenvalue weighted by atomic mass is 9.59. The molecular formula is C36H49N3O4. The SMILES string of the molecule is CC(C)c1ccccc1C1CN(C2CCCc3ccccc32)CC(=O)N1C1CC2(CCN(C(=O)OCCCCO)CC2)C1. The third-order valence-electron chi connectivity index (χ3n) is 10.7. The molecule has 2 heterocycles. The second-order valence-electron chi connectivity index (χ2n) is 13.7. The molecular weight excluding hydrogens is 538 g/mol. The Morgan fingerprint density at radius 1 is 1.00 bits per heavy atom. The van der Waals surface area contributed by atoms with E-state index in [2.05, 4.69) is 72.2 Å². The fourth-order valence-corrected chi connectivity index (χ4v) is 8.37. The van der Waals surface area contributed by atoms with Gasteiger partial charge in [0.05, 0.1) is 19.2 Å². The smallest absolute Gasteiger partial charge is 0.409 e. The van der Waals surface area contributed by atoms with Crippen molar-refractivity contribution in [1.82, 2.24) is 14.7 Å². The summed E-state index contributed by atoms with van der Waals surface area (Å²) in [5, 5.41) is 8.95. The number of nitrogens with zero attached hydrogens (tertiary/aromatic N) is 3. The molecule has 0 bridgehead atoms. The standard InChI is InChI=1S/C36H49N3O4/c1-26(2)29-12-5-6-14-31(29)33-24-38(32-15-9-11-27-10-3-4-13-30(27)32)25-34(41)39(33)28-22-36(23-28)16-18-37(19-17-36)35(42)43-21-8-7-20-40/h3-6,10,12-14,26,28,32-33,40H,7-9,11,15-25H2,1-2H3. The van der Waals surface area contributed by atoms with Crippen molar-refractivity contribution < 1.29 is 19.4 Å². The van der Waals surface area contributed by atoms with Crippen LogP contribution in [-0.4, -0.2) is 77.2 Å². The van der Waals surface area contributed by atoms with Crippen LogP contribution >= 0.6 is 0 Å². The molecule has 7 nitrogen and oxygen atoms in total. The van der Waals surface area contributed by atoms with Gasteiger partial charge in [-0.3, -0.25) is 9.69 Å². The average Bonchev–Trinajstić information content (AvgIpc) is 3.01. The largest absolute Gasteiger partial charge is 0.449 e. The van der Waals surface area contributed by atoms with E-state index in [1.54, 1.807) is 0 Å². The van der Waals surface area contributed by atoms with E-state index in [9.17, 15) is 9.59 Å². The first kappa shape index (κ1) is 30.1. The molecule has 0 radical (unpaired) electrons. The van der Waals surface area contributed by atoms with Crippen molar-refractivity contribution in [3.05, 3.63) is 70.8 Å². The van der Waals surface area contributed by atoms with E-state index in [1.165, 1.54) is 28.7 Å². The van der Waals surface area contributed by atoms with Crippen molar-refractivity contribution in [2.75, 3.05) is 39.4 Å². The van der Waals surface area contributed by atoms with Gasteiger partial charge in [-0.15, -0.1) is 0 Å². The molecule has 4 aliphatic rings. The number of amides is 2. The second kappa shape index (κ2) is 13.0. The lowest BCUT2D eigenvalue weighted by Gasteiger charge is -2.58. The molecule has 1 N–H and O–H groups in total. The molecule has 3 fully saturated rings. The minimum absolute atomic E-state index is 0.0466. The molecule has 2 aliphatic heterocycles. The molecule has 2 amide bonds. The Balaban J connectivity index is 1.17. The first-order valence-corrected chi connectivity index (χ1v) is 16.6. The normalized spacial score (nSPS) is 24.2. The van der Waals surface area contributed by atoms with Crippen LogP contribution in [-0.2, 0) is 16.0 Å². The van der Waals surface area contributed by atoms with Crippen LogP contribution in [0, 0.1) is 5.41 Å². The molecule has 2 atom stereocenters. The Morgan fingerprint density at radius 2 is 1.72 bits per heavy atom. The van der Waals surface area contributed by atoms with Crippen LogP contribution in [0.5, 0.6) is 0 Å². The zero-order valence-corrected chi connectivity index (χ0v) is 26.0. The predicted octanol–water partition coefficient (Wildman–Crippen LogP) is 6.23. The van der Waals surface area contributed by atoms with Crippen LogP contribution in [0.15, 0.2) is 48.5 Å². The number of carbonyl (C=O) groups excluding carboxylic acids is 2. The summed E-state index contributed by atoms with van der Waals surface area (Å²) in [6, 6.07) is 18.2. The van der Waals surface area contributed by atoms with Crippen LogP contribution in [0.3, 0.4) is 0 Å². The number of likely N-dealkylation sites (tertiary alicyclic amines) is 1. The number of piperidine rings is 1. The van der Waals surface area contributed by atoms with Crippen molar-refractivity contribution in [1.29, 1.82) is 0 Å². The topological polar surface area (TPSA) is 73.3 Å². The summed E-state index contributed by atoms with van der Waals surface area (Å²) < 4.78 is 5.43. The van der Waals surface area contributed by atoms with Gasteiger partial charge in [-0.1, -0.05) is 62.4 Å². The van der Waals surface area contributed by atoms with E-state index in [4.69, 9.17) is 9.84 Å². The number of hydrogen-bond acceptors (Lipinski definition) is 5. The van der Waals surface area contributed by atoms with E-state index < -0.39 is 0 Å². The van der Waals surface area contributed by atoms with E-state index in [0.29, 0.717) is 51.0 Å². The summed E-state index contributed by atoms with van der Waals surface area (Å²) in [4.78, 5) is 33.4. The van der Waals surface area contributed by atoms with Gasteiger partial charge in [0.15, 0.2) is 0 Å². The number of hydrogen-bond donors (Lipinski definition) is 1.